The Kier molecular flexibility index (Phi) is 4.59. The van der Waals surface area contributed by atoms with Gasteiger partial charge in [0.15, 0.2) is 0 Å². The number of carbonyl (C=O) groups is 1. The Balaban J connectivity index is 1.44. The summed E-state index contributed by atoms with van der Waals surface area (Å²) in [6.45, 7) is 2.13. The number of nitrogens with zero attached hydrogens (tertiary/aromatic N) is 2. The number of hydrogen-bond acceptors (Lipinski definition) is 5. The maximum Gasteiger partial charge on any atom is 0.282 e. The third-order valence-electron chi connectivity index (χ3n) is 6.05. The summed E-state index contributed by atoms with van der Waals surface area (Å²) in [5.74, 6) is -0.509. The van der Waals surface area contributed by atoms with Crippen molar-refractivity contribution in [2.75, 3.05) is 18.4 Å². The average molecular weight is 403 g/mol. The van der Waals surface area contributed by atoms with E-state index in [-0.39, 0.29) is 11.3 Å². The van der Waals surface area contributed by atoms with E-state index in [4.69, 9.17) is 4.42 Å². The molecule has 2 aromatic carbocycles. The van der Waals surface area contributed by atoms with Crippen LogP contribution in [0.1, 0.15) is 35.2 Å². The number of anilines is 1. The Labute approximate surface area is 173 Å². The van der Waals surface area contributed by atoms with Crippen molar-refractivity contribution in [1.29, 1.82) is 0 Å². The van der Waals surface area contributed by atoms with E-state index in [1.54, 1.807) is 24.5 Å². The predicted octanol–water partition coefficient (Wildman–Crippen LogP) is 4.84. The summed E-state index contributed by atoms with van der Waals surface area (Å²) in [4.78, 5) is 25.9. The van der Waals surface area contributed by atoms with Crippen LogP contribution in [-0.4, -0.2) is 34.9 Å². The Morgan fingerprint density at radius 1 is 1.23 bits per heavy atom. The van der Waals surface area contributed by atoms with Crippen molar-refractivity contribution < 1.29 is 14.1 Å². The van der Waals surface area contributed by atoms with Gasteiger partial charge >= 0.3 is 0 Å². The molecule has 3 aromatic rings. The molecule has 1 amide bonds. The van der Waals surface area contributed by atoms with Gasteiger partial charge in [-0.2, -0.15) is 0 Å². The first-order valence-electron chi connectivity index (χ1n) is 10.1. The Morgan fingerprint density at radius 3 is 2.97 bits per heavy atom. The lowest BCUT2D eigenvalue weighted by Gasteiger charge is -2.28. The van der Waals surface area contributed by atoms with E-state index in [9.17, 15) is 14.9 Å². The molecule has 2 aliphatic heterocycles. The van der Waals surface area contributed by atoms with Gasteiger partial charge < -0.3 is 9.73 Å². The fraction of sp³-hybridized carbons (Fsp3) is 0.261. The van der Waals surface area contributed by atoms with E-state index in [2.05, 4.69) is 16.3 Å². The molecule has 5 rings (SSSR count). The number of benzene rings is 2. The van der Waals surface area contributed by atoms with Gasteiger partial charge in [0, 0.05) is 35.3 Å². The molecule has 152 valence electrons. The highest BCUT2D eigenvalue weighted by Crippen LogP contribution is 2.37. The van der Waals surface area contributed by atoms with E-state index in [1.807, 2.05) is 12.1 Å². The highest BCUT2D eigenvalue weighted by atomic mass is 16.6. The number of rotatable bonds is 4. The molecule has 1 fully saturated rings. The summed E-state index contributed by atoms with van der Waals surface area (Å²) >= 11 is 0. The number of carbonyl (C=O) groups excluding carboxylic acids is 1. The molecule has 3 heterocycles. The minimum Gasteiger partial charge on any atom is -0.464 e. The van der Waals surface area contributed by atoms with Gasteiger partial charge in [-0.1, -0.05) is 18.2 Å². The van der Waals surface area contributed by atoms with Gasteiger partial charge in [0.1, 0.15) is 11.1 Å². The molecule has 0 saturated carbocycles. The van der Waals surface area contributed by atoms with Crippen molar-refractivity contribution >= 4 is 33.8 Å². The van der Waals surface area contributed by atoms with Crippen molar-refractivity contribution in [1.82, 2.24) is 4.90 Å². The number of nitro benzene ring substituents is 1. The van der Waals surface area contributed by atoms with E-state index in [0.29, 0.717) is 11.7 Å². The maximum absolute atomic E-state index is 12.7. The fourth-order valence-electron chi connectivity index (χ4n) is 4.53. The highest BCUT2D eigenvalue weighted by molar-refractivity contribution is 6.08. The first kappa shape index (κ1) is 18.6. The van der Waals surface area contributed by atoms with E-state index in [1.165, 1.54) is 37.1 Å². The van der Waals surface area contributed by atoms with Crippen molar-refractivity contribution in [3.63, 3.8) is 0 Å². The molecular formula is C23H21N3O4. The molecule has 7 heteroatoms. The molecule has 1 unspecified atom stereocenters. The van der Waals surface area contributed by atoms with Crippen LogP contribution in [0.2, 0.25) is 0 Å². The zero-order valence-corrected chi connectivity index (χ0v) is 16.3. The first-order valence-corrected chi connectivity index (χ1v) is 10.1. The summed E-state index contributed by atoms with van der Waals surface area (Å²) in [5.41, 5.74) is 3.48. The van der Waals surface area contributed by atoms with Crippen LogP contribution in [0.5, 0.6) is 0 Å². The molecule has 0 bridgehead atoms. The molecule has 30 heavy (non-hydrogen) atoms. The van der Waals surface area contributed by atoms with E-state index in [0.717, 1.165) is 29.5 Å². The average Bonchev–Trinajstić information content (AvgIpc) is 3.39. The van der Waals surface area contributed by atoms with E-state index >= 15 is 0 Å². The summed E-state index contributed by atoms with van der Waals surface area (Å²) in [5, 5.41) is 14.9. The van der Waals surface area contributed by atoms with Gasteiger partial charge in [0.25, 0.3) is 11.6 Å². The molecule has 1 atom stereocenters. The number of nitro groups is 1. The maximum atomic E-state index is 12.7. The van der Waals surface area contributed by atoms with Gasteiger partial charge in [-0.05, 0) is 55.6 Å². The highest BCUT2D eigenvalue weighted by Gasteiger charge is 2.29. The van der Waals surface area contributed by atoms with Crippen LogP contribution in [0.15, 0.2) is 59.2 Å². The minimum atomic E-state index is -0.547. The van der Waals surface area contributed by atoms with E-state index < -0.39 is 10.8 Å². The quantitative estimate of drug-likeness (QED) is 0.497. The van der Waals surface area contributed by atoms with Crippen LogP contribution < -0.4 is 5.32 Å². The van der Waals surface area contributed by atoms with Crippen LogP contribution in [0.25, 0.3) is 16.5 Å². The molecule has 7 nitrogen and oxygen atoms in total. The van der Waals surface area contributed by atoms with Crippen molar-refractivity contribution in [2.24, 2.45) is 0 Å². The van der Waals surface area contributed by atoms with Crippen LogP contribution in [0.4, 0.5) is 11.4 Å². The largest absolute Gasteiger partial charge is 0.464 e. The summed E-state index contributed by atoms with van der Waals surface area (Å²) < 4.78 is 5.75. The normalized spacial score (nSPS) is 18.8. The smallest absolute Gasteiger partial charge is 0.282 e. The van der Waals surface area contributed by atoms with Crippen LogP contribution >= 0.6 is 0 Å². The van der Waals surface area contributed by atoms with Crippen molar-refractivity contribution in [2.45, 2.75) is 25.3 Å². The number of nitrogens with one attached hydrogen (secondary N) is 1. The van der Waals surface area contributed by atoms with Crippen molar-refractivity contribution in [3.05, 3.63) is 76.0 Å². The lowest BCUT2D eigenvalue weighted by molar-refractivity contribution is -0.385. The standard InChI is InChI=1S/C23H21N3O4/c27-23(18-5-1-2-6-21(18)26(28)29)24-16-7-8-22-19(13-16)20(14-30-22)15-9-11-25-10-3-4-17(25)12-15/h1-2,5-9,13-14,17H,3-4,10-12H2,(H,24,27). The summed E-state index contributed by atoms with van der Waals surface area (Å²) in [7, 11) is 0. The van der Waals surface area contributed by atoms with Gasteiger partial charge in [-0.3, -0.25) is 19.8 Å². The second kappa shape index (κ2) is 7.42. The second-order valence-electron chi connectivity index (χ2n) is 7.81. The Morgan fingerprint density at radius 2 is 2.10 bits per heavy atom. The minimum absolute atomic E-state index is 0.0336. The summed E-state index contributed by atoms with van der Waals surface area (Å²) in [6.07, 6.45) is 7.53. The van der Waals surface area contributed by atoms with Gasteiger partial charge in [0.05, 0.1) is 11.2 Å². The topological polar surface area (TPSA) is 88.6 Å². The lowest BCUT2D eigenvalue weighted by atomic mass is 9.94. The Hall–Kier alpha value is -3.45. The Bertz CT molecular complexity index is 1180. The van der Waals surface area contributed by atoms with Crippen LogP contribution in [0.3, 0.4) is 0 Å². The number of fused-ring (bicyclic) bond motifs is 2. The second-order valence-corrected chi connectivity index (χ2v) is 7.81. The molecule has 0 radical (unpaired) electrons. The van der Waals surface area contributed by atoms with Gasteiger partial charge in [0.2, 0.25) is 0 Å². The number of para-hydroxylation sites is 1. The SMILES string of the molecule is O=C(Nc1ccc2occ(C3=CCN4CCCC4C3)c2c1)c1ccccc1[N+](=O)[O-]. The third kappa shape index (κ3) is 3.27. The molecule has 0 spiro atoms. The first-order chi connectivity index (χ1) is 14.6. The number of hydrogen-bond donors (Lipinski definition) is 1. The molecule has 0 aliphatic carbocycles. The third-order valence-corrected chi connectivity index (χ3v) is 6.05. The molecule has 2 aliphatic rings. The van der Waals surface area contributed by atoms with Crippen LogP contribution in [0, 0.1) is 10.1 Å². The van der Waals surface area contributed by atoms with Gasteiger partial charge in [-0.15, -0.1) is 0 Å². The zero-order valence-electron chi connectivity index (χ0n) is 16.3. The monoisotopic (exact) mass is 403 g/mol. The summed E-state index contributed by atoms with van der Waals surface area (Å²) in [6, 6.07) is 12.0. The van der Waals surface area contributed by atoms with Crippen LogP contribution in [-0.2, 0) is 0 Å². The molecular weight excluding hydrogens is 382 g/mol. The molecule has 1 saturated heterocycles. The fourth-order valence-corrected chi connectivity index (χ4v) is 4.53. The zero-order chi connectivity index (χ0) is 20.7. The lowest BCUT2D eigenvalue weighted by Crippen LogP contribution is -2.32. The number of furan rings is 1. The van der Waals surface area contributed by atoms with Gasteiger partial charge in [-0.25, -0.2) is 0 Å². The predicted molar refractivity (Wildman–Crippen MR) is 114 cm³/mol. The molecule has 1 N–H and O–H groups in total. The molecule has 1 aromatic heterocycles. The van der Waals surface area contributed by atoms with Crippen molar-refractivity contribution in [3.8, 4) is 0 Å². The number of amides is 1.